The summed E-state index contributed by atoms with van der Waals surface area (Å²) < 4.78 is 10.6. The molecule has 4 heteroatoms. The molecule has 0 saturated carbocycles. The van der Waals surface area contributed by atoms with Crippen LogP contribution in [0, 0.1) is 13.8 Å². The number of hydrogen-bond donors (Lipinski definition) is 1. The van der Waals surface area contributed by atoms with Crippen molar-refractivity contribution in [1.82, 2.24) is 5.32 Å². The number of carbonyl (C=O) groups excluding carboxylic acids is 1. The first-order valence-corrected chi connectivity index (χ1v) is 7.12. The van der Waals surface area contributed by atoms with Gasteiger partial charge in [-0.3, -0.25) is 4.79 Å². The lowest BCUT2D eigenvalue weighted by Gasteiger charge is -2.13. The summed E-state index contributed by atoms with van der Waals surface area (Å²) in [6, 6.07) is 11.4. The van der Waals surface area contributed by atoms with Crippen LogP contribution >= 0.6 is 0 Å². The molecule has 0 bridgehead atoms. The highest BCUT2D eigenvalue weighted by Gasteiger charge is 2.12. The predicted molar refractivity (Wildman–Crippen MR) is 86.6 cm³/mol. The largest absolute Gasteiger partial charge is 0.493 e. The van der Waals surface area contributed by atoms with Crippen LogP contribution in [0.2, 0.25) is 0 Å². The van der Waals surface area contributed by atoms with Crippen LogP contribution in [0.15, 0.2) is 36.4 Å². The van der Waals surface area contributed by atoms with Gasteiger partial charge in [0.1, 0.15) is 0 Å². The number of rotatable bonds is 5. The average Bonchev–Trinajstić information content (AvgIpc) is 2.51. The minimum absolute atomic E-state index is 0.0950. The van der Waals surface area contributed by atoms with Gasteiger partial charge in [-0.25, -0.2) is 0 Å². The van der Waals surface area contributed by atoms with Gasteiger partial charge in [-0.1, -0.05) is 29.8 Å². The number of hydrogen-bond acceptors (Lipinski definition) is 3. The van der Waals surface area contributed by atoms with Gasteiger partial charge >= 0.3 is 0 Å². The normalized spacial score (nSPS) is 10.2. The molecule has 0 radical (unpaired) electrons. The summed E-state index contributed by atoms with van der Waals surface area (Å²) in [5.74, 6) is 1.20. The fourth-order valence-electron chi connectivity index (χ4n) is 2.43. The van der Waals surface area contributed by atoms with Gasteiger partial charge in [0, 0.05) is 17.7 Å². The number of carbonyl (C=O) groups is 1. The van der Waals surface area contributed by atoms with Gasteiger partial charge < -0.3 is 14.8 Å². The molecule has 4 nitrogen and oxygen atoms in total. The Morgan fingerprint density at radius 2 is 1.86 bits per heavy atom. The maximum absolute atomic E-state index is 12.3. The van der Waals surface area contributed by atoms with Crippen LogP contribution < -0.4 is 14.8 Å². The van der Waals surface area contributed by atoms with Crippen molar-refractivity contribution in [2.24, 2.45) is 0 Å². The van der Waals surface area contributed by atoms with Crippen LogP contribution in [0.4, 0.5) is 0 Å². The van der Waals surface area contributed by atoms with Crippen LogP contribution in [0.1, 0.15) is 27.0 Å². The van der Waals surface area contributed by atoms with Gasteiger partial charge in [-0.05, 0) is 31.5 Å². The first-order valence-electron chi connectivity index (χ1n) is 7.12. The van der Waals surface area contributed by atoms with E-state index in [0.717, 1.165) is 16.7 Å². The molecule has 0 saturated heterocycles. The summed E-state index contributed by atoms with van der Waals surface area (Å²) in [7, 11) is 3.18. The van der Waals surface area contributed by atoms with E-state index in [1.165, 1.54) is 0 Å². The Bertz CT molecular complexity index is 680. The summed E-state index contributed by atoms with van der Waals surface area (Å²) in [6.07, 6.45) is 0. The van der Waals surface area contributed by atoms with Crippen molar-refractivity contribution in [3.05, 3.63) is 58.7 Å². The molecule has 0 aliphatic heterocycles. The highest BCUT2D eigenvalue weighted by molar-refractivity contribution is 5.95. The van der Waals surface area contributed by atoms with Crippen LogP contribution in [-0.2, 0) is 6.54 Å². The molecule has 0 aromatic heterocycles. The van der Waals surface area contributed by atoms with Crippen molar-refractivity contribution in [1.29, 1.82) is 0 Å². The lowest BCUT2D eigenvalue weighted by molar-refractivity contribution is 0.0950. The molecule has 0 spiro atoms. The Morgan fingerprint density at radius 1 is 1.09 bits per heavy atom. The Labute approximate surface area is 131 Å². The summed E-state index contributed by atoms with van der Waals surface area (Å²) in [6.45, 7) is 4.33. The molecule has 0 heterocycles. The molecule has 0 atom stereocenters. The molecular formula is C18H21NO3. The molecule has 2 rings (SSSR count). The van der Waals surface area contributed by atoms with Gasteiger partial charge in [-0.15, -0.1) is 0 Å². The van der Waals surface area contributed by atoms with Crippen molar-refractivity contribution >= 4 is 5.91 Å². The van der Waals surface area contributed by atoms with Gasteiger partial charge in [0.15, 0.2) is 11.5 Å². The van der Waals surface area contributed by atoms with Gasteiger partial charge in [0.25, 0.3) is 5.91 Å². The molecule has 0 fully saturated rings. The zero-order chi connectivity index (χ0) is 16.1. The minimum Gasteiger partial charge on any atom is -0.493 e. The molecular weight excluding hydrogens is 278 g/mol. The predicted octanol–water partition coefficient (Wildman–Crippen LogP) is 3.25. The number of para-hydroxylation sites is 1. The Kier molecular flexibility index (Phi) is 5.04. The zero-order valence-electron chi connectivity index (χ0n) is 13.4. The maximum atomic E-state index is 12.3. The third kappa shape index (κ3) is 3.39. The number of amides is 1. The van der Waals surface area contributed by atoms with Crippen molar-refractivity contribution in [2.75, 3.05) is 14.2 Å². The molecule has 116 valence electrons. The van der Waals surface area contributed by atoms with E-state index in [2.05, 4.69) is 5.32 Å². The first-order chi connectivity index (χ1) is 10.6. The van der Waals surface area contributed by atoms with Crippen LogP contribution in [0.3, 0.4) is 0 Å². The Hall–Kier alpha value is -2.49. The molecule has 22 heavy (non-hydrogen) atoms. The standard InChI is InChI=1S/C18H21NO3/c1-12-8-9-15(13(2)10-12)18(20)19-11-14-6-5-7-16(21-3)17(14)22-4/h5-10H,11H2,1-4H3,(H,19,20). The summed E-state index contributed by atoms with van der Waals surface area (Å²) >= 11 is 0. The quantitative estimate of drug-likeness (QED) is 0.922. The number of benzene rings is 2. The van der Waals surface area contributed by atoms with E-state index in [1.807, 2.05) is 50.2 Å². The Morgan fingerprint density at radius 3 is 2.50 bits per heavy atom. The molecule has 0 aliphatic carbocycles. The van der Waals surface area contributed by atoms with E-state index in [9.17, 15) is 4.79 Å². The third-order valence-corrected chi connectivity index (χ3v) is 3.55. The minimum atomic E-state index is -0.0950. The lowest BCUT2D eigenvalue weighted by atomic mass is 10.1. The summed E-state index contributed by atoms with van der Waals surface area (Å²) in [4.78, 5) is 12.3. The van der Waals surface area contributed by atoms with E-state index in [-0.39, 0.29) is 5.91 Å². The van der Waals surface area contributed by atoms with Crippen molar-refractivity contribution in [3.8, 4) is 11.5 Å². The maximum Gasteiger partial charge on any atom is 0.251 e. The van der Waals surface area contributed by atoms with Crippen LogP contribution in [0.25, 0.3) is 0 Å². The second-order valence-electron chi connectivity index (χ2n) is 5.15. The molecule has 2 aromatic carbocycles. The smallest absolute Gasteiger partial charge is 0.251 e. The molecule has 1 amide bonds. The number of methoxy groups -OCH3 is 2. The Balaban J connectivity index is 2.14. The van der Waals surface area contributed by atoms with Crippen molar-refractivity contribution in [3.63, 3.8) is 0 Å². The SMILES string of the molecule is COc1cccc(CNC(=O)c2ccc(C)cc2C)c1OC. The van der Waals surface area contributed by atoms with E-state index >= 15 is 0 Å². The van der Waals surface area contributed by atoms with Gasteiger partial charge in [0.05, 0.1) is 14.2 Å². The van der Waals surface area contributed by atoms with Gasteiger partial charge in [0.2, 0.25) is 0 Å². The van der Waals surface area contributed by atoms with Crippen molar-refractivity contribution in [2.45, 2.75) is 20.4 Å². The second-order valence-corrected chi connectivity index (χ2v) is 5.15. The first kappa shape index (κ1) is 15.9. The fraction of sp³-hybridized carbons (Fsp3) is 0.278. The lowest BCUT2D eigenvalue weighted by Crippen LogP contribution is -2.24. The average molecular weight is 299 g/mol. The molecule has 0 aliphatic rings. The summed E-state index contributed by atoms with van der Waals surface area (Å²) in [5, 5.41) is 2.93. The number of nitrogens with one attached hydrogen (secondary N) is 1. The highest BCUT2D eigenvalue weighted by atomic mass is 16.5. The highest BCUT2D eigenvalue weighted by Crippen LogP contribution is 2.30. The summed E-state index contributed by atoms with van der Waals surface area (Å²) in [5.41, 5.74) is 3.67. The van der Waals surface area contributed by atoms with Crippen molar-refractivity contribution < 1.29 is 14.3 Å². The number of aryl methyl sites for hydroxylation is 2. The van der Waals surface area contributed by atoms with E-state index < -0.39 is 0 Å². The monoisotopic (exact) mass is 299 g/mol. The van der Waals surface area contributed by atoms with E-state index in [1.54, 1.807) is 14.2 Å². The fourth-order valence-corrected chi connectivity index (χ4v) is 2.43. The third-order valence-electron chi connectivity index (χ3n) is 3.55. The molecule has 0 unspecified atom stereocenters. The van der Waals surface area contributed by atoms with Crippen LogP contribution in [0.5, 0.6) is 11.5 Å². The molecule has 2 aromatic rings. The molecule has 1 N–H and O–H groups in total. The van der Waals surface area contributed by atoms with Gasteiger partial charge in [-0.2, -0.15) is 0 Å². The second kappa shape index (κ2) is 6.98. The topological polar surface area (TPSA) is 47.6 Å². The zero-order valence-corrected chi connectivity index (χ0v) is 13.4. The van der Waals surface area contributed by atoms with E-state index in [4.69, 9.17) is 9.47 Å². The number of ether oxygens (including phenoxy) is 2. The van der Waals surface area contributed by atoms with E-state index in [0.29, 0.717) is 23.6 Å². The van der Waals surface area contributed by atoms with Crippen LogP contribution in [-0.4, -0.2) is 20.1 Å².